The van der Waals surface area contributed by atoms with E-state index in [1.54, 1.807) is 6.07 Å². The molecular formula is C15H21BrFNO. The van der Waals surface area contributed by atoms with Gasteiger partial charge in [-0.3, -0.25) is 0 Å². The molecule has 1 N–H and O–H groups in total. The third kappa shape index (κ3) is 4.01. The summed E-state index contributed by atoms with van der Waals surface area (Å²) in [6.45, 7) is 6.61. The molecule has 1 aliphatic heterocycles. The van der Waals surface area contributed by atoms with Crippen LogP contribution < -0.4 is 5.32 Å². The maximum Gasteiger partial charge on any atom is 0.126 e. The van der Waals surface area contributed by atoms with Crippen LogP contribution in [-0.2, 0) is 11.2 Å². The largest absolute Gasteiger partial charge is 0.381 e. The molecule has 2 rings (SSSR count). The monoisotopic (exact) mass is 329 g/mol. The van der Waals surface area contributed by atoms with Crippen molar-refractivity contribution in [1.82, 2.24) is 5.32 Å². The Kier molecular flexibility index (Phi) is 4.98. The summed E-state index contributed by atoms with van der Waals surface area (Å²) in [5, 5.41) is 3.47. The predicted molar refractivity (Wildman–Crippen MR) is 78.8 cm³/mol. The lowest BCUT2D eigenvalue weighted by molar-refractivity contribution is 0.147. The van der Waals surface area contributed by atoms with E-state index >= 15 is 0 Å². The normalized spacial score (nSPS) is 23.2. The molecule has 1 saturated heterocycles. The number of halogens is 2. The smallest absolute Gasteiger partial charge is 0.126 e. The summed E-state index contributed by atoms with van der Waals surface area (Å²) in [7, 11) is 0. The van der Waals surface area contributed by atoms with Crippen molar-refractivity contribution < 1.29 is 9.13 Å². The Morgan fingerprint density at radius 3 is 2.89 bits per heavy atom. The first-order chi connectivity index (χ1) is 9.01. The van der Waals surface area contributed by atoms with Gasteiger partial charge in [0.05, 0.1) is 6.61 Å². The van der Waals surface area contributed by atoms with Crippen LogP contribution in [0.15, 0.2) is 22.7 Å². The first-order valence-corrected chi connectivity index (χ1v) is 7.55. The highest BCUT2D eigenvalue weighted by Gasteiger charge is 2.35. The van der Waals surface area contributed by atoms with Crippen LogP contribution in [0.25, 0.3) is 0 Å². The van der Waals surface area contributed by atoms with Gasteiger partial charge in [-0.1, -0.05) is 29.8 Å². The average Bonchev–Trinajstić information content (AvgIpc) is 2.81. The molecule has 0 bridgehead atoms. The number of rotatable bonds is 5. The second-order valence-electron chi connectivity index (χ2n) is 5.75. The van der Waals surface area contributed by atoms with Crippen molar-refractivity contribution in [2.24, 2.45) is 5.41 Å². The predicted octanol–water partition coefficient (Wildman–Crippen LogP) is 3.54. The molecule has 0 saturated carbocycles. The van der Waals surface area contributed by atoms with E-state index in [0.717, 1.165) is 36.0 Å². The van der Waals surface area contributed by atoms with Crippen molar-refractivity contribution in [3.63, 3.8) is 0 Å². The number of nitrogens with one attached hydrogen (secondary N) is 1. The molecule has 0 radical (unpaired) electrons. The van der Waals surface area contributed by atoms with Crippen LogP contribution in [-0.4, -0.2) is 25.8 Å². The zero-order valence-electron chi connectivity index (χ0n) is 11.5. The van der Waals surface area contributed by atoms with Gasteiger partial charge in [-0.25, -0.2) is 4.39 Å². The minimum atomic E-state index is -0.126. The lowest BCUT2D eigenvalue weighted by atomic mass is 9.80. The van der Waals surface area contributed by atoms with Crippen LogP contribution in [0.4, 0.5) is 4.39 Å². The second kappa shape index (κ2) is 6.33. The fourth-order valence-electron chi connectivity index (χ4n) is 2.49. The maximum atomic E-state index is 13.9. The summed E-state index contributed by atoms with van der Waals surface area (Å²) in [5.41, 5.74) is 0.789. The van der Waals surface area contributed by atoms with Gasteiger partial charge in [-0.15, -0.1) is 0 Å². The van der Waals surface area contributed by atoms with Crippen LogP contribution in [0.5, 0.6) is 0 Å². The summed E-state index contributed by atoms with van der Waals surface area (Å²) >= 11 is 3.41. The summed E-state index contributed by atoms with van der Waals surface area (Å²) in [6, 6.07) is 5.58. The third-order valence-electron chi connectivity index (χ3n) is 3.64. The first-order valence-electron chi connectivity index (χ1n) is 6.76. The van der Waals surface area contributed by atoms with E-state index in [-0.39, 0.29) is 11.2 Å². The van der Waals surface area contributed by atoms with E-state index in [9.17, 15) is 4.39 Å². The average molecular weight is 330 g/mol. The van der Waals surface area contributed by atoms with E-state index in [2.05, 4.69) is 35.1 Å². The quantitative estimate of drug-likeness (QED) is 0.892. The van der Waals surface area contributed by atoms with Crippen LogP contribution in [0.2, 0.25) is 0 Å². The van der Waals surface area contributed by atoms with Crippen LogP contribution >= 0.6 is 15.9 Å². The van der Waals surface area contributed by atoms with Gasteiger partial charge in [0.15, 0.2) is 0 Å². The number of hydrogen-bond acceptors (Lipinski definition) is 2. The van der Waals surface area contributed by atoms with Gasteiger partial charge in [0.25, 0.3) is 0 Å². The number of benzene rings is 1. The Labute approximate surface area is 122 Å². The molecule has 106 valence electrons. The minimum Gasteiger partial charge on any atom is -0.381 e. The summed E-state index contributed by atoms with van der Waals surface area (Å²) in [5.74, 6) is -0.126. The molecule has 1 atom stereocenters. The van der Waals surface area contributed by atoms with Crippen molar-refractivity contribution >= 4 is 15.9 Å². The molecule has 0 amide bonds. The number of ether oxygens (including phenoxy) is 1. The van der Waals surface area contributed by atoms with Gasteiger partial charge in [0.1, 0.15) is 5.82 Å². The summed E-state index contributed by atoms with van der Waals surface area (Å²) in [4.78, 5) is 0. The fraction of sp³-hybridized carbons (Fsp3) is 0.600. The molecule has 0 aromatic heterocycles. The van der Waals surface area contributed by atoms with Crippen molar-refractivity contribution in [1.29, 1.82) is 0 Å². The second-order valence-corrected chi connectivity index (χ2v) is 6.67. The van der Waals surface area contributed by atoms with E-state index in [1.807, 2.05) is 6.07 Å². The van der Waals surface area contributed by atoms with Crippen LogP contribution in [0.3, 0.4) is 0 Å². The summed E-state index contributed by atoms with van der Waals surface area (Å²) in [6.07, 6.45) is 1.71. The zero-order chi connectivity index (χ0) is 13.9. The Morgan fingerprint density at radius 2 is 2.26 bits per heavy atom. The molecule has 1 aromatic rings. The molecule has 4 heteroatoms. The zero-order valence-corrected chi connectivity index (χ0v) is 13.1. The minimum absolute atomic E-state index is 0.0197. The van der Waals surface area contributed by atoms with Gasteiger partial charge in [0, 0.05) is 29.1 Å². The molecule has 1 unspecified atom stereocenters. The van der Waals surface area contributed by atoms with Gasteiger partial charge < -0.3 is 10.1 Å². The van der Waals surface area contributed by atoms with Crippen molar-refractivity contribution in [3.05, 3.63) is 34.1 Å². The van der Waals surface area contributed by atoms with Gasteiger partial charge in [0.2, 0.25) is 0 Å². The Morgan fingerprint density at radius 1 is 1.47 bits per heavy atom. The van der Waals surface area contributed by atoms with E-state index in [1.165, 1.54) is 6.07 Å². The van der Waals surface area contributed by atoms with Gasteiger partial charge in [-0.2, -0.15) is 0 Å². The summed E-state index contributed by atoms with van der Waals surface area (Å²) < 4.78 is 20.4. The molecule has 1 aliphatic rings. The molecule has 1 aromatic carbocycles. The third-order valence-corrected chi connectivity index (χ3v) is 4.14. The fourth-order valence-corrected chi connectivity index (χ4v) is 2.90. The number of hydrogen-bond donors (Lipinski definition) is 1. The highest BCUT2D eigenvalue weighted by Crippen LogP contribution is 2.33. The molecular weight excluding hydrogens is 309 g/mol. The Hall–Kier alpha value is -0.450. The van der Waals surface area contributed by atoms with Gasteiger partial charge >= 0.3 is 0 Å². The van der Waals surface area contributed by atoms with E-state index in [0.29, 0.717) is 12.6 Å². The van der Waals surface area contributed by atoms with E-state index in [4.69, 9.17) is 4.74 Å². The molecule has 1 heterocycles. The van der Waals surface area contributed by atoms with Gasteiger partial charge in [-0.05, 0) is 36.6 Å². The lowest BCUT2D eigenvalue weighted by Crippen LogP contribution is -2.39. The lowest BCUT2D eigenvalue weighted by Gasteiger charge is -2.29. The Bertz CT molecular complexity index is 430. The van der Waals surface area contributed by atoms with Crippen molar-refractivity contribution in [2.75, 3.05) is 19.8 Å². The molecule has 1 fully saturated rings. The highest BCUT2D eigenvalue weighted by atomic mass is 79.9. The maximum absolute atomic E-state index is 13.9. The highest BCUT2D eigenvalue weighted by molar-refractivity contribution is 9.10. The van der Waals surface area contributed by atoms with Crippen LogP contribution in [0, 0.1) is 11.2 Å². The van der Waals surface area contributed by atoms with E-state index < -0.39 is 0 Å². The molecule has 0 spiro atoms. The molecule has 2 nitrogen and oxygen atoms in total. The van der Waals surface area contributed by atoms with Crippen molar-refractivity contribution in [3.8, 4) is 0 Å². The topological polar surface area (TPSA) is 21.3 Å². The first kappa shape index (κ1) is 14.9. The molecule has 0 aliphatic carbocycles. The SMILES string of the molecule is CC(C)NCC1(Cc2cc(Br)ccc2F)CCOC1. The standard InChI is InChI=1S/C15H21BrFNO/c1-11(2)18-9-15(5-6-19-10-15)8-12-7-13(16)3-4-14(12)17/h3-4,7,11,18H,5-6,8-10H2,1-2H3. The van der Waals surface area contributed by atoms with Crippen molar-refractivity contribution in [2.45, 2.75) is 32.7 Å². The Balaban J connectivity index is 2.13. The molecule has 19 heavy (non-hydrogen) atoms. The van der Waals surface area contributed by atoms with Crippen LogP contribution in [0.1, 0.15) is 25.8 Å².